The summed E-state index contributed by atoms with van der Waals surface area (Å²) >= 11 is 3.16. The maximum Gasteiger partial charge on any atom is 0.326 e. The Morgan fingerprint density at radius 1 is 1.19 bits per heavy atom. The van der Waals surface area contributed by atoms with E-state index in [1.54, 1.807) is 25.1 Å². The summed E-state index contributed by atoms with van der Waals surface area (Å²) in [6.45, 7) is 1.59. The van der Waals surface area contributed by atoms with Crippen LogP contribution in [0, 0.1) is 5.82 Å². The molecule has 2 aromatic rings. The highest BCUT2D eigenvalue weighted by Gasteiger charge is 2.57. The third-order valence-corrected chi connectivity index (χ3v) is 5.64. The predicted octanol–water partition coefficient (Wildman–Crippen LogP) is 2.71. The van der Waals surface area contributed by atoms with Gasteiger partial charge in [-0.15, -0.1) is 0 Å². The van der Waals surface area contributed by atoms with Crippen LogP contribution < -0.4 is 5.32 Å². The molecule has 0 saturated carbocycles. The van der Waals surface area contributed by atoms with Crippen LogP contribution in [-0.4, -0.2) is 42.2 Å². The Bertz CT molecular complexity index is 1070. The molecule has 3 amide bonds. The topological polar surface area (TPSA) is 92.8 Å². The first kappa shape index (κ1) is 22.6. The highest BCUT2D eigenvalue weighted by molar-refractivity contribution is 9.10. The van der Waals surface area contributed by atoms with Crippen molar-refractivity contribution < 1.29 is 28.3 Å². The van der Waals surface area contributed by atoms with Gasteiger partial charge in [0.1, 0.15) is 5.82 Å². The van der Waals surface area contributed by atoms with Crippen molar-refractivity contribution in [2.24, 2.45) is 0 Å². The Labute approximate surface area is 186 Å². The fraction of sp³-hybridized carbons (Fsp3) is 0.273. The first-order valence-electron chi connectivity index (χ1n) is 9.51. The lowest BCUT2D eigenvalue weighted by Crippen LogP contribution is -2.59. The van der Waals surface area contributed by atoms with Crippen molar-refractivity contribution in [2.75, 3.05) is 13.7 Å². The van der Waals surface area contributed by atoms with Crippen LogP contribution in [0.15, 0.2) is 46.9 Å². The number of carbonyl (C=O) groups is 4. The zero-order valence-electron chi connectivity index (χ0n) is 16.9. The van der Waals surface area contributed by atoms with Crippen LogP contribution in [0.3, 0.4) is 0 Å². The van der Waals surface area contributed by atoms with Crippen molar-refractivity contribution >= 4 is 39.6 Å². The lowest BCUT2D eigenvalue weighted by molar-refractivity contribution is -0.158. The van der Waals surface area contributed by atoms with Gasteiger partial charge >= 0.3 is 5.97 Å². The van der Waals surface area contributed by atoms with Gasteiger partial charge in [-0.3, -0.25) is 24.1 Å². The number of rotatable bonds is 6. The average Bonchev–Trinajstić information content (AvgIpc) is 2.75. The molecule has 1 heterocycles. The minimum absolute atomic E-state index is 0.0781. The van der Waals surface area contributed by atoms with Gasteiger partial charge in [-0.25, -0.2) is 4.39 Å². The minimum atomic E-state index is -2.07. The molecule has 0 aliphatic carbocycles. The molecule has 3 rings (SSSR count). The van der Waals surface area contributed by atoms with Gasteiger partial charge in [0.05, 0.1) is 20.1 Å². The number of esters is 1. The second-order valence-corrected chi connectivity index (χ2v) is 7.92. The summed E-state index contributed by atoms with van der Waals surface area (Å²) < 4.78 is 19.9. The molecule has 9 heteroatoms. The zero-order valence-corrected chi connectivity index (χ0v) is 18.5. The number of amides is 3. The van der Waals surface area contributed by atoms with Gasteiger partial charge in [-0.1, -0.05) is 40.2 Å². The number of carbonyl (C=O) groups excluding carboxylic acids is 4. The van der Waals surface area contributed by atoms with Crippen LogP contribution in [0.2, 0.25) is 0 Å². The van der Waals surface area contributed by atoms with Gasteiger partial charge in [0.15, 0.2) is 5.41 Å². The predicted molar refractivity (Wildman–Crippen MR) is 112 cm³/mol. The monoisotopic (exact) mass is 490 g/mol. The van der Waals surface area contributed by atoms with Crippen LogP contribution >= 0.6 is 15.9 Å². The molecule has 7 nitrogen and oxygen atoms in total. The third kappa shape index (κ3) is 3.97. The van der Waals surface area contributed by atoms with Gasteiger partial charge in [0.25, 0.3) is 11.8 Å². The van der Waals surface area contributed by atoms with Gasteiger partial charge in [0, 0.05) is 22.1 Å². The van der Waals surface area contributed by atoms with Crippen LogP contribution in [0.5, 0.6) is 0 Å². The van der Waals surface area contributed by atoms with Crippen molar-refractivity contribution in [1.29, 1.82) is 0 Å². The molecule has 1 N–H and O–H groups in total. The van der Waals surface area contributed by atoms with E-state index < -0.39 is 47.9 Å². The van der Waals surface area contributed by atoms with E-state index in [0.717, 1.165) is 12.0 Å². The maximum atomic E-state index is 14.4. The van der Waals surface area contributed by atoms with Crippen LogP contribution in [0.4, 0.5) is 4.39 Å². The summed E-state index contributed by atoms with van der Waals surface area (Å²) in [5.41, 5.74) is -1.81. The molecule has 0 fully saturated rings. The molecular formula is C22H20BrFN2O5. The quantitative estimate of drug-likeness (QED) is 0.381. The van der Waals surface area contributed by atoms with Gasteiger partial charge < -0.3 is 10.1 Å². The summed E-state index contributed by atoms with van der Waals surface area (Å²) in [4.78, 5) is 53.0. The molecule has 162 valence electrons. The minimum Gasteiger partial charge on any atom is -0.468 e. The number of fused-ring (bicyclic) bond motifs is 1. The first-order valence-corrected chi connectivity index (χ1v) is 10.3. The number of nitrogens with zero attached hydrogens (tertiary/aromatic N) is 1. The van der Waals surface area contributed by atoms with E-state index in [0.29, 0.717) is 11.0 Å². The van der Waals surface area contributed by atoms with E-state index in [1.165, 1.54) is 24.3 Å². The molecule has 2 aromatic carbocycles. The largest absolute Gasteiger partial charge is 0.468 e. The summed E-state index contributed by atoms with van der Waals surface area (Å²) in [5.74, 6) is -3.76. The van der Waals surface area contributed by atoms with Crippen molar-refractivity contribution in [1.82, 2.24) is 10.2 Å². The maximum absolute atomic E-state index is 14.4. The SMILES string of the molecule is CCNC(=O)CC1(C(=O)OC)C(=O)N(Cc2ccc(Br)cc2F)C(=O)c2ccccc21. The molecule has 1 aliphatic heterocycles. The molecule has 1 atom stereocenters. The molecular weight excluding hydrogens is 471 g/mol. The smallest absolute Gasteiger partial charge is 0.326 e. The Hall–Kier alpha value is -3.07. The summed E-state index contributed by atoms with van der Waals surface area (Å²) in [5, 5.41) is 2.57. The van der Waals surface area contributed by atoms with Crippen LogP contribution in [0.1, 0.15) is 34.8 Å². The summed E-state index contributed by atoms with van der Waals surface area (Å²) in [7, 11) is 1.10. The number of hydrogen-bond donors (Lipinski definition) is 1. The fourth-order valence-electron chi connectivity index (χ4n) is 3.70. The summed E-state index contributed by atoms with van der Waals surface area (Å²) in [6.07, 6.45) is -0.546. The molecule has 0 radical (unpaired) electrons. The lowest BCUT2D eigenvalue weighted by atomic mass is 9.71. The number of hydrogen-bond acceptors (Lipinski definition) is 5. The van der Waals surface area contributed by atoms with Crippen molar-refractivity contribution in [3.63, 3.8) is 0 Å². The molecule has 0 bridgehead atoms. The van der Waals surface area contributed by atoms with Gasteiger partial charge in [-0.2, -0.15) is 0 Å². The normalized spacial score (nSPS) is 17.9. The van der Waals surface area contributed by atoms with E-state index in [4.69, 9.17) is 4.74 Å². The Balaban J connectivity index is 2.18. The fourth-order valence-corrected chi connectivity index (χ4v) is 4.04. The number of ether oxygens (including phenoxy) is 1. The Morgan fingerprint density at radius 2 is 1.90 bits per heavy atom. The average molecular weight is 491 g/mol. The van der Waals surface area contributed by atoms with Crippen molar-refractivity contribution in [3.05, 3.63) is 69.4 Å². The highest BCUT2D eigenvalue weighted by Crippen LogP contribution is 2.39. The Kier molecular flexibility index (Phi) is 6.54. The van der Waals surface area contributed by atoms with Crippen LogP contribution in [-0.2, 0) is 31.1 Å². The number of benzene rings is 2. The molecule has 1 aliphatic rings. The van der Waals surface area contributed by atoms with Crippen LogP contribution in [0.25, 0.3) is 0 Å². The molecule has 0 spiro atoms. The number of imide groups is 1. The van der Waals surface area contributed by atoms with E-state index in [2.05, 4.69) is 21.2 Å². The molecule has 0 saturated heterocycles. The van der Waals surface area contributed by atoms with E-state index in [9.17, 15) is 23.6 Å². The number of nitrogens with one attached hydrogen (secondary N) is 1. The van der Waals surface area contributed by atoms with Gasteiger partial charge in [0.2, 0.25) is 5.91 Å². The Morgan fingerprint density at radius 3 is 2.55 bits per heavy atom. The molecule has 0 aromatic heterocycles. The van der Waals surface area contributed by atoms with Crippen molar-refractivity contribution in [2.45, 2.75) is 25.3 Å². The summed E-state index contributed by atoms with van der Waals surface area (Å²) in [6, 6.07) is 10.3. The molecule has 31 heavy (non-hydrogen) atoms. The third-order valence-electron chi connectivity index (χ3n) is 5.15. The van der Waals surface area contributed by atoms with E-state index in [-0.39, 0.29) is 16.7 Å². The first-order chi connectivity index (χ1) is 14.8. The highest BCUT2D eigenvalue weighted by atomic mass is 79.9. The molecule has 1 unspecified atom stereocenters. The number of halogens is 2. The van der Waals surface area contributed by atoms with Crippen molar-refractivity contribution in [3.8, 4) is 0 Å². The zero-order chi connectivity index (χ0) is 22.8. The second kappa shape index (κ2) is 8.97. The second-order valence-electron chi connectivity index (χ2n) is 7.00. The van der Waals surface area contributed by atoms with E-state index in [1.807, 2.05) is 0 Å². The standard InChI is InChI=1S/C22H20BrFN2O5/c1-3-25-18(27)11-22(21(30)31-2)16-7-5-4-6-15(16)19(28)26(20(22)29)12-13-8-9-14(23)10-17(13)24/h4-10H,3,11-12H2,1-2H3,(H,25,27). The number of methoxy groups -OCH3 is 1. The lowest BCUT2D eigenvalue weighted by Gasteiger charge is -2.39. The van der Waals surface area contributed by atoms with E-state index >= 15 is 0 Å². The van der Waals surface area contributed by atoms with Gasteiger partial charge in [-0.05, 0) is 30.7 Å².